The quantitative estimate of drug-likeness (QED) is 0.166. The molecule has 2 aromatic heterocycles. The number of benzene rings is 12. The maximum atomic E-state index is 6.82. The average molecular weight is 941 g/mol. The van der Waals surface area contributed by atoms with Crippen molar-refractivity contribution in [2.24, 2.45) is 0 Å². The summed E-state index contributed by atoms with van der Waals surface area (Å²) < 4.78 is 9.22. The van der Waals surface area contributed by atoms with Gasteiger partial charge in [0.15, 0.2) is 0 Å². The van der Waals surface area contributed by atoms with E-state index in [-0.39, 0.29) is 0 Å². The van der Waals surface area contributed by atoms with Crippen LogP contribution in [0, 0.1) is 0 Å². The molecule has 0 saturated carbocycles. The molecule has 16 rings (SSSR count). The van der Waals surface area contributed by atoms with Crippen LogP contribution in [-0.2, 0) is 5.41 Å². The molecule has 74 heavy (non-hydrogen) atoms. The fourth-order valence-corrected chi connectivity index (χ4v) is 13.2. The highest BCUT2D eigenvalue weighted by molar-refractivity contribution is 6.20. The number of hydrogen-bond donors (Lipinski definition) is 0. The molecule has 0 amide bonds. The lowest BCUT2D eigenvalue weighted by atomic mass is 9.70. The van der Waals surface area contributed by atoms with Crippen molar-refractivity contribution >= 4 is 71.6 Å². The molecule has 12 aromatic carbocycles. The second-order valence-corrected chi connectivity index (χ2v) is 19.9. The Balaban J connectivity index is 0.925. The van der Waals surface area contributed by atoms with E-state index in [1.54, 1.807) is 0 Å². The van der Waals surface area contributed by atoms with Gasteiger partial charge in [0.25, 0.3) is 0 Å². The van der Waals surface area contributed by atoms with Gasteiger partial charge < -0.3 is 13.9 Å². The van der Waals surface area contributed by atoms with E-state index in [4.69, 9.17) is 4.42 Å². The van der Waals surface area contributed by atoms with Crippen molar-refractivity contribution < 1.29 is 4.42 Å². The third-order valence-corrected chi connectivity index (χ3v) is 16.2. The first-order chi connectivity index (χ1) is 36.7. The molecule has 0 bridgehead atoms. The molecule has 344 valence electrons. The summed E-state index contributed by atoms with van der Waals surface area (Å²) in [4.78, 5) is 2.52. The molecule has 0 aliphatic heterocycles. The Kier molecular flexibility index (Phi) is 8.66. The van der Waals surface area contributed by atoms with Crippen molar-refractivity contribution in [1.82, 2.24) is 4.57 Å². The van der Waals surface area contributed by atoms with Gasteiger partial charge in [-0.3, -0.25) is 0 Å². The molecule has 0 N–H and O–H groups in total. The molecule has 2 aliphatic rings. The maximum absolute atomic E-state index is 6.82. The van der Waals surface area contributed by atoms with Crippen LogP contribution >= 0.6 is 0 Å². The number of aromatic nitrogens is 1. The summed E-state index contributed by atoms with van der Waals surface area (Å²) >= 11 is 0. The van der Waals surface area contributed by atoms with Crippen molar-refractivity contribution in [3.63, 3.8) is 0 Å². The monoisotopic (exact) mass is 940 g/mol. The van der Waals surface area contributed by atoms with Crippen LogP contribution in [0.25, 0.3) is 105 Å². The maximum Gasteiger partial charge on any atom is 0.143 e. The predicted octanol–water partition coefficient (Wildman–Crippen LogP) is 19.0. The Morgan fingerprint density at radius 3 is 1.65 bits per heavy atom. The smallest absolute Gasteiger partial charge is 0.143 e. The van der Waals surface area contributed by atoms with Crippen molar-refractivity contribution in [2.75, 3.05) is 4.90 Å². The number of fused-ring (bicyclic) bond motifs is 18. The van der Waals surface area contributed by atoms with Crippen LogP contribution in [-0.4, -0.2) is 4.57 Å². The van der Waals surface area contributed by atoms with Crippen molar-refractivity contribution in [3.8, 4) is 50.2 Å². The first kappa shape index (κ1) is 41.0. The van der Waals surface area contributed by atoms with E-state index >= 15 is 0 Å². The molecule has 14 aromatic rings. The summed E-state index contributed by atoms with van der Waals surface area (Å²) in [6.45, 7) is 0. The lowest BCUT2D eigenvalue weighted by Crippen LogP contribution is -2.26. The summed E-state index contributed by atoms with van der Waals surface area (Å²) in [5.41, 5.74) is 23.0. The largest absolute Gasteiger partial charge is 0.455 e. The van der Waals surface area contributed by atoms with E-state index in [1.807, 2.05) is 0 Å². The molecule has 3 nitrogen and oxygen atoms in total. The lowest BCUT2D eigenvalue weighted by Gasteiger charge is -2.32. The van der Waals surface area contributed by atoms with Gasteiger partial charge in [0.1, 0.15) is 11.2 Å². The Morgan fingerprint density at radius 2 is 0.905 bits per heavy atom. The van der Waals surface area contributed by atoms with Gasteiger partial charge in [-0.05, 0) is 122 Å². The van der Waals surface area contributed by atoms with Crippen LogP contribution in [0.1, 0.15) is 22.3 Å². The van der Waals surface area contributed by atoms with E-state index in [0.717, 1.165) is 77.7 Å². The van der Waals surface area contributed by atoms with Gasteiger partial charge in [-0.2, -0.15) is 0 Å². The molecule has 0 fully saturated rings. The molecule has 2 heterocycles. The van der Waals surface area contributed by atoms with E-state index in [1.165, 1.54) is 66.3 Å². The fourth-order valence-electron chi connectivity index (χ4n) is 13.2. The number of nitrogens with zero attached hydrogens (tertiary/aromatic N) is 2. The zero-order chi connectivity index (χ0) is 48.5. The summed E-state index contributed by atoms with van der Waals surface area (Å²) in [6, 6.07) is 98.3. The SMILES string of the molecule is c1cc(-c2ccc(N(c3ccccc3-c3cccc4oc5c6ccccc6ccc5c34)c3cccc4c3-c3ccccc3C43c4ccccc4-c4ccccc43)cc2)cc(-n2c3ccccc3c3ccccc32)c1. The summed E-state index contributed by atoms with van der Waals surface area (Å²) in [6.07, 6.45) is 0. The van der Waals surface area contributed by atoms with E-state index < -0.39 is 5.41 Å². The molecule has 0 unspecified atom stereocenters. The molecular weight excluding hydrogens is 897 g/mol. The molecule has 2 aliphatic carbocycles. The van der Waals surface area contributed by atoms with Crippen molar-refractivity contribution in [3.05, 3.63) is 289 Å². The lowest BCUT2D eigenvalue weighted by molar-refractivity contribution is 0.673. The minimum Gasteiger partial charge on any atom is -0.455 e. The first-order valence-corrected chi connectivity index (χ1v) is 25.6. The Hall–Kier alpha value is -9.70. The second-order valence-electron chi connectivity index (χ2n) is 19.9. The summed E-state index contributed by atoms with van der Waals surface area (Å²) in [7, 11) is 0. The van der Waals surface area contributed by atoms with E-state index in [9.17, 15) is 0 Å². The van der Waals surface area contributed by atoms with Gasteiger partial charge in [0.05, 0.1) is 27.8 Å². The molecule has 0 atom stereocenters. The summed E-state index contributed by atoms with van der Waals surface area (Å²) in [5, 5.41) is 7.01. The highest BCUT2D eigenvalue weighted by atomic mass is 16.3. The van der Waals surface area contributed by atoms with Crippen LogP contribution in [0.4, 0.5) is 17.1 Å². The van der Waals surface area contributed by atoms with Gasteiger partial charge in [-0.25, -0.2) is 0 Å². The number of para-hydroxylation sites is 3. The second kappa shape index (κ2) is 15.6. The van der Waals surface area contributed by atoms with E-state index in [0.29, 0.717) is 0 Å². The predicted molar refractivity (Wildman–Crippen MR) is 307 cm³/mol. The topological polar surface area (TPSA) is 21.3 Å². The van der Waals surface area contributed by atoms with Crippen LogP contribution in [0.3, 0.4) is 0 Å². The van der Waals surface area contributed by atoms with Gasteiger partial charge in [0, 0.05) is 49.4 Å². The Labute approximate surface area is 428 Å². The fraction of sp³-hybridized carbons (Fsp3) is 0.0141. The Morgan fingerprint density at radius 1 is 0.351 bits per heavy atom. The van der Waals surface area contributed by atoms with Crippen LogP contribution in [0.15, 0.2) is 271 Å². The Bertz CT molecular complexity index is 4530. The molecule has 3 heteroatoms. The number of hydrogen-bond acceptors (Lipinski definition) is 2. The molecule has 0 saturated heterocycles. The van der Waals surface area contributed by atoms with Crippen LogP contribution < -0.4 is 4.90 Å². The van der Waals surface area contributed by atoms with Crippen molar-refractivity contribution in [1.29, 1.82) is 0 Å². The standard InChI is InChI=1S/C71H44N2O/c1-2-21-50-46(18-1)40-43-58-68-56(28-16-37-67(68)74-70(50)58)55-26-8-14-35-65(55)72(48-41-38-45(39-42-48)47-19-15-20-49(44-47)73-63-33-12-6-24-53(63)54-25-7-13-34-64(54)73)66-36-17-32-62-69(66)57-27-5-11-31-61(57)71(62)59-29-9-3-22-51(59)52-23-4-10-30-60(52)71/h1-44H. The molecule has 0 radical (unpaired) electrons. The first-order valence-electron chi connectivity index (χ1n) is 25.6. The number of anilines is 3. The average Bonchev–Trinajstić information content (AvgIpc) is 4.22. The third kappa shape index (κ3) is 5.61. The van der Waals surface area contributed by atoms with Gasteiger partial charge in [-0.1, -0.05) is 206 Å². The molecular formula is C71H44N2O. The van der Waals surface area contributed by atoms with Crippen molar-refractivity contribution in [2.45, 2.75) is 5.41 Å². The number of rotatable bonds is 6. The zero-order valence-corrected chi connectivity index (χ0v) is 40.2. The highest BCUT2D eigenvalue weighted by Gasteiger charge is 2.52. The van der Waals surface area contributed by atoms with Crippen LogP contribution in [0.5, 0.6) is 0 Å². The normalized spacial score (nSPS) is 13.0. The number of furan rings is 1. The van der Waals surface area contributed by atoms with Gasteiger partial charge in [-0.15, -0.1) is 0 Å². The highest BCUT2D eigenvalue weighted by Crippen LogP contribution is 2.65. The van der Waals surface area contributed by atoms with Gasteiger partial charge in [0.2, 0.25) is 0 Å². The van der Waals surface area contributed by atoms with Crippen LogP contribution in [0.2, 0.25) is 0 Å². The zero-order valence-electron chi connectivity index (χ0n) is 40.2. The minimum absolute atomic E-state index is 0.490. The minimum atomic E-state index is -0.490. The third-order valence-electron chi connectivity index (χ3n) is 16.2. The van der Waals surface area contributed by atoms with E-state index in [2.05, 4.69) is 276 Å². The molecule has 1 spiro atoms. The van der Waals surface area contributed by atoms with Gasteiger partial charge >= 0.3 is 0 Å². The summed E-state index contributed by atoms with van der Waals surface area (Å²) in [5.74, 6) is 0.